The van der Waals surface area contributed by atoms with Crippen LogP contribution in [0.3, 0.4) is 0 Å². The lowest BCUT2D eigenvalue weighted by atomic mass is 10.2. The number of fused-ring (bicyclic) bond motifs is 1. The first-order chi connectivity index (χ1) is 13.6. The number of morpholine rings is 1. The van der Waals surface area contributed by atoms with Gasteiger partial charge in [-0.2, -0.15) is 0 Å². The van der Waals surface area contributed by atoms with Crippen LogP contribution in [0.15, 0.2) is 35.6 Å². The first-order valence-electron chi connectivity index (χ1n) is 9.18. The number of nitrogens with zero attached hydrogens (tertiary/aromatic N) is 3. The van der Waals surface area contributed by atoms with E-state index in [9.17, 15) is 4.79 Å². The molecule has 0 unspecified atom stereocenters. The zero-order chi connectivity index (χ0) is 19.5. The minimum Gasteiger partial charge on any atom is -0.378 e. The number of hydrogen-bond acceptors (Lipinski definition) is 7. The van der Waals surface area contributed by atoms with E-state index in [0.717, 1.165) is 52.9 Å². The number of ether oxygens (including phenoxy) is 1. The van der Waals surface area contributed by atoms with E-state index in [1.807, 2.05) is 24.3 Å². The molecule has 6 nitrogen and oxygen atoms in total. The van der Waals surface area contributed by atoms with Crippen LogP contribution in [-0.4, -0.2) is 47.9 Å². The van der Waals surface area contributed by atoms with E-state index in [4.69, 9.17) is 4.74 Å². The van der Waals surface area contributed by atoms with Crippen molar-refractivity contribution in [2.24, 2.45) is 0 Å². The number of thiophene rings is 1. The van der Waals surface area contributed by atoms with E-state index in [2.05, 4.69) is 34.0 Å². The largest absolute Gasteiger partial charge is 0.378 e. The van der Waals surface area contributed by atoms with Crippen molar-refractivity contribution in [3.05, 3.63) is 41.0 Å². The highest BCUT2D eigenvalue weighted by Crippen LogP contribution is 2.34. The van der Waals surface area contributed by atoms with Gasteiger partial charge in [-0.05, 0) is 43.7 Å². The number of aromatic nitrogens is 2. The van der Waals surface area contributed by atoms with Crippen LogP contribution >= 0.6 is 23.1 Å². The monoisotopic (exact) mass is 414 g/mol. The Balaban J connectivity index is 1.37. The van der Waals surface area contributed by atoms with Gasteiger partial charge in [0.05, 0.1) is 19.0 Å². The van der Waals surface area contributed by atoms with Gasteiger partial charge in [-0.25, -0.2) is 9.97 Å². The average molecular weight is 415 g/mol. The second-order valence-electron chi connectivity index (χ2n) is 6.63. The molecule has 2 aromatic heterocycles. The summed E-state index contributed by atoms with van der Waals surface area (Å²) >= 11 is 3.12. The molecule has 0 spiro atoms. The van der Waals surface area contributed by atoms with Crippen LogP contribution in [-0.2, 0) is 9.53 Å². The van der Waals surface area contributed by atoms with E-state index in [0.29, 0.717) is 5.75 Å². The Labute approximate surface area is 172 Å². The van der Waals surface area contributed by atoms with Crippen molar-refractivity contribution in [3.8, 4) is 0 Å². The van der Waals surface area contributed by atoms with Gasteiger partial charge in [0.25, 0.3) is 0 Å². The molecule has 0 bridgehead atoms. The van der Waals surface area contributed by atoms with E-state index < -0.39 is 0 Å². The van der Waals surface area contributed by atoms with Crippen molar-refractivity contribution in [1.82, 2.24) is 9.97 Å². The number of amides is 1. The summed E-state index contributed by atoms with van der Waals surface area (Å²) in [5.74, 6) is 0.270. The lowest BCUT2D eigenvalue weighted by Gasteiger charge is -2.28. The Morgan fingerprint density at radius 1 is 1.21 bits per heavy atom. The molecule has 0 aliphatic carbocycles. The fourth-order valence-electron chi connectivity index (χ4n) is 3.17. The van der Waals surface area contributed by atoms with E-state index in [1.54, 1.807) is 17.7 Å². The molecular weight excluding hydrogens is 392 g/mol. The van der Waals surface area contributed by atoms with Gasteiger partial charge in [-0.3, -0.25) is 4.79 Å². The SMILES string of the molecule is Cc1sc2ncnc(SCC(=O)Nc3ccc(N4CCOCC4)cc3)c2c1C. The zero-order valence-electron chi connectivity index (χ0n) is 15.9. The Bertz CT molecular complexity index is 982. The smallest absolute Gasteiger partial charge is 0.234 e. The Hall–Kier alpha value is -2.16. The third kappa shape index (κ3) is 4.14. The predicted molar refractivity (Wildman–Crippen MR) is 116 cm³/mol. The molecule has 1 fully saturated rings. The van der Waals surface area contributed by atoms with Gasteiger partial charge >= 0.3 is 0 Å². The van der Waals surface area contributed by atoms with Crippen LogP contribution in [0.25, 0.3) is 10.2 Å². The van der Waals surface area contributed by atoms with Gasteiger partial charge < -0.3 is 15.0 Å². The quantitative estimate of drug-likeness (QED) is 0.505. The summed E-state index contributed by atoms with van der Waals surface area (Å²) in [7, 11) is 0. The van der Waals surface area contributed by atoms with Gasteiger partial charge in [-0.1, -0.05) is 11.8 Å². The molecule has 1 aromatic carbocycles. The number of anilines is 2. The molecule has 0 radical (unpaired) electrons. The minimum atomic E-state index is -0.0412. The Morgan fingerprint density at radius 3 is 2.71 bits per heavy atom. The van der Waals surface area contributed by atoms with Crippen LogP contribution < -0.4 is 10.2 Å². The van der Waals surface area contributed by atoms with Crippen molar-refractivity contribution in [1.29, 1.82) is 0 Å². The fraction of sp³-hybridized carbons (Fsp3) is 0.350. The molecule has 146 valence electrons. The number of carbonyl (C=O) groups is 1. The molecular formula is C20H22N4O2S2. The molecule has 8 heteroatoms. The first kappa shape index (κ1) is 19.2. The van der Waals surface area contributed by atoms with Crippen molar-refractivity contribution in [3.63, 3.8) is 0 Å². The second kappa shape index (κ2) is 8.46. The summed E-state index contributed by atoms with van der Waals surface area (Å²) in [5.41, 5.74) is 3.16. The summed E-state index contributed by atoms with van der Waals surface area (Å²) in [5, 5.41) is 4.90. The molecule has 1 saturated heterocycles. The third-order valence-corrected chi connectivity index (χ3v) is 6.90. The topological polar surface area (TPSA) is 67.4 Å². The maximum atomic E-state index is 12.4. The maximum Gasteiger partial charge on any atom is 0.234 e. The van der Waals surface area contributed by atoms with Gasteiger partial charge in [0, 0.05) is 34.7 Å². The standard InChI is InChI=1S/C20H22N4O2S2/c1-13-14(2)28-20-18(13)19(21-12-22-20)27-11-17(25)23-15-3-5-16(6-4-15)24-7-9-26-10-8-24/h3-6,12H,7-11H2,1-2H3,(H,23,25). The summed E-state index contributed by atoms with van der Waals surface area (Å²) in [6.07, 6.45) is 1.57. The van der Waals surface area contributed by atoms with Crippen molar-refractivity contribution < 1.29 is 9.53 Å². The molecule has 1 aliphatic heterocycles. The number of thioether (sulfide) groups is 1. The highest BCUT2D eigenvalue weighted by molar-refractivity contribution is 8.00. The number of benzene rings is 1. The fourth-order valence-corrected chi connectivity index (χ4v) is 5.08. The van der Waals surface area contributed by atoms with Crippen LogP contribution in [0.4, 0.5) is 11.4 Å². The maximum absolute atomic E-state index is 12.4. The summed E-state index contributed by atoms with van der Waals surface area (Å²) in [4.78, 5) is 25.6. The highest BCUT2D eigenvalue weighted by Gasteiger charge is 2.14. The molecule has 1 N–H and O–H groups in total. The molecule has 0 saturated carbocycles. The summed E-state index contributed by atoms with van der Waals surface area (Å²) in [6.45, 7) is 7.49. The Morgan fingerprint density at radius 2 is 1.96 bits per heavy atom. The molecule has 4 rings (SSSR count). The zero-order valence-corrected chi connectivity index (χ0v) is 17.5. The minimum absolute atomic E-state index is 0.0412. The van der Waals surface area contributed by atoms with Crippen molar-refractivity contribution in [2.45, 2.75) is 18.9 Å². The number of carbonyl (C=O) groups excluding carboxylic acids is 1. The van der Waals surface area contributed by atoms with E-state index in [-0.39, 0.29) is 5.91 Å². The lowest BCUT2D eigenvalue weighted by molar-refractivity contribution is -0.113. The number of rotatable bonds is 5. The van der Waals surface area contributed by atoms with Crippen molar-refractivity contribution >= 4 is 50.6 Å². The average Bonchev–Trinajstić information content (AvgIpc) is 3.02. The van der Waals surface area contributed by atoms with Gasteiger partial charge in [0.2, 0.25) is 5.91 Å². The summed E-state index contributed by atoms with van der Waals surface area (Å²) in [6, 6.07) is 7.98. The van der Waals surface area contributed by atoms with Crippen LogP contribution in [0, 0.1) is 13.8 Å². The first-order valence-corrected chi connectivity index (χ1v) is 11.0. The Kier molecular flexibility index (Phi) is 5.79. The summed E-state index contributed by atoms with van der Waals surface area (Å²) < 4.78 is 5.39. The van der Waals surface area contributed by atoms with E-state index >= 15 is 0 Å². The molecule has 3 heterocycles. The highest BCUT2D eigenvalue weighted by atomic mass is 32.2. The van der Waals surface area contributed by atoms with Gasteiger partial charge in [-0.15, -0.1) is 11.3 Å². The molecule has 1 amide bonds. The third-order valence-electron chi connectivity index (χ3n) is 4.80. The molecule has 3 aromatic rings. The lowest BCUT2D eigenvalue weighted by Crippen LogP contribution is -2.36. The number of nitrogens with one attached hydrogen (secondary N) is 1. The molecule has 1 aliphatic rings. The van der Waals surface area contributed by atoms with Gasteiger partial charge in [0.1, 0.15) is 16.2 Å². The second-order valence-corrected chi connectivity index (χ2v) is 8.79. The van der Waals surface area contributed by atoms with Gasteiger partial charge in [0.15, 0.2) is 0 Å². The number of hydrogen-bond donors (Lipinski definition) is 1. The van der Waals surface area contributed by atoms with Crippen LogP contribution in [0.2, 0.25) is 0 Å². The van der Waals surface area contributed by atoms with Crippen LogP contribution in [0.5, 0.6) is 0 Å². The predicted octanol–water partition coefficient (Wildman–Crippen LogP) is 3.88. The van der Waals surface area contributed by atoms with Crippen molar-refractivity contribution in [2.75, 3.05) is 42.3 Å². The number of aryl methyl sites for hydroxylation is 2. The van der Waals surface area contributed by atoms with E-state index in [1.165, 1.54) is 22.2 Å². The molecule has 28 heavy (non-hydrogen) atoms. The van der Waals surface area contributed by atoms with Crippen LogP contribution in [0.1, 0.15) is 10.4 Å². The normalized spacial score (nSPS) is 14.4. The molecule has 0 atom stereocenters.